The molecule has 0 saturated heterocycles. The normalized spacial score (nSPS) is 9.43. The van der Waals surface area contributed by atoms with E-state index in [1.165, 1.54) is 23.8 Å². The average molecular weight is 285 g/mol. The van der Waals surface area contributed by atoms with Crippen molar-refractivity contribution in [1.82, 2.24) is 0 Å². The number of aryl methyl sites for hydroxylation is 1. The lowest BCUT2D eigenvalue weighted by Crippen LogP contribution is -1.95. The van der Waals surface area contributed by atoms with E-state index in [9.17, 15) is 4.79 Å². The molecule has 0 aromatic heterocycles. The Kier molecular flexibility index (Phi) is 6.14. The van der Waals surface area contributed by atoms with Gasteiger partial charge >= 0.3 is 0 Å². The summed E-state index contributed by atoms with van der Waals surface area (Å²) in [5, 5.41) is 24.6. The van der Waals surface area contributed by atoms with Gasteiger partial charge in [-0.1, -0.05) is 36.8 Å². The van der Waals surface area contributed by atoms with Crippen molar-refractivity contribution in [1.29, 1.82) is 5.41 Å². The molecular formula is C17H19NO3. The van der Waals surface area contributed by atoms with Crippen molar-refractivity contribution in [3.05, 3.63) is 59.2 Å². The monoisotopic (exact) mass is 285 g/mol. The highest BCUT2D eigenvalue weighted by atomic mass is 16.3. The number of aromatic hydroxyl groups is 2. The fourth-order valence-electron chi connectivity index (χ4n) is 1.60. The average Bonchev–Trinajstić information content (AvgIpc) is 2.48. The molecule has 0 aliphatic carbocycles. The van der Waals surface area contributed by atoms with Crippen LogP contribution in [-0.4, -0.2) is 22.2 Å². The number of phenolic OH excluding ortho intramolecular Hbond substituents is 2. The summed E-state index contributed by atoms with van der Waals surface area (Å²) in [5.41, 5.74) is 2.41. The number of hydrogen-bond donors (Lipinski definition) is 3. The molecule has 0 amide bonds. The maximum atomic E-state index is 11.1. The molecule has 110 valence electrons. The second-order valence-corrected chi connectivity index (χ2v) is 4.53. The number of Topliss-reactive ketones (excluding diaryl/α,β-unsaturated/α-hetero) is 1. The molecular weight excluding hydrogens is 266 g/mol. The van der Waals surface area contributed by atoms with Gasteiger partial charge < -0.3 is 15.6 Å². The first-order chi connectivity index (χ1) is 9.97. The molecule has 2 aromatic carbocycles. The summed E-state index contributed by atoms with van der Waals surface area (Å²) < 4.78 is 0. The van der Waals surface area contributed by atoms with Crippen LogP contribution in [0.2, 0.25) is 0 Å². The van der Waals surface area contributed by atoms with Gasteiger partial charge in [0.15, 0.2) is 5.78 Å². The van der Waals surface area contributed by atoms with E-state index in [-0.39, 0.29) is 17.3 Å². The Hall–Kier alpha value is -2.62. The van der Waals surface area contributed by atoms with Crippen LogP contribution in [0.4, 0.5) is 0 Å². The molecule has 3 N–H and O–H groups in total. The van der Waals surface area contributed by atoms with E-state index in [4.69, 9.17) is 15.6 Å². The maximum Gasteiger partial charge on any atom is 0.162 e. The zero-order valence-corrected chi connectivity index (χ0v) is 12.1. The number of rotatable bonds is 3. The van der Waals surface area contributed by atoms with Crippen molar-refractivity contribution in [2.75, 3.05) is 0 Å². The van der Waals surface area contributed by atoms with Crippen LogP contribution in [-0.2, 0) is 0 Å². The van der Waals surface area contributed by atoms with Crippen molar-refractivity contribution in [2.45, 2.75) is 20.3 Å². The van der Waals surface area contributed by atoms with E-state index in [2.05, 4.69) is 0 Å². The van der Waals surface area contributed by atoms with Gasteiger partial charge in [0, 0.05) is 29.8 Å². The Balaban J connectivity index is 0.000000211. The topological polar surface area (TPSA) is 81.4 Å². The Morgan fingerprint density at radius 2 is 1.76 bits per heavy atom. The molecule has 0 saturated carbocycles. The number of phenols is 2. The predicted molar refractivity (Wildman–Crippen MR) is 83.5 cm³/mol. The van der Waals surface area contributed by atoms with Gasteiger partial charge in [-0.3, -0.25) is 4.79 Å². The van der Waals surface area contributed by atoms with Crippen molar-refractivity contribution in [3.8, 4) is 11.5 Å². The van der Waals surface area contributed by atoms with Crippen molar-refractivity contribution >= 4 is 12.0 Å². The molecule has 2 aromatic rings. The van der Waals surface area contributed by atoms with Gasteiger partial charge in [-0.25, -0.2) is 0 Å². The first-order valence-electron chi connectivity index (χ1n) is 6.60. The molecule has 0 aliphatic heterocycles. The first-order valence-corrected chi connectivity index (χ1v) is 6.60. The van der Waals surface area contributed by atoms with Crippen LogP contribution in [0, 0.1) is 12.3 Å². The van der Waals surface area contributed by atoms with E-state index < -0.39 is 0 Å². The Morgan fingerprint density at radius 1 is 1.14 bits per heavy atom. The summed E-state index contributed by atoms with van der Waals surface area (Å²) in [6, 6.07) is 11.8. The lowest BCUT2D eigenvalue weighted by Gasteiger charge is -1.96. The van der Waals surface area contributed by atoms with E-state index in [0.717, 1.165) is 11.8 Å². The highest BCUT2D eigenvalue weighted by Gasteiger charge is 2.00. The number of carbonyl (C=O) groups excluding carboxylic acids is 1. The second kappa shape index (κ2) is 7.85. The molecule has 0 spiro atoms. The fraction of sp³-hybridized carbons (Fsp3) is 0.176. The maximum absolute atomic E-state index is 11.1. The van der Waals surface area contributed by atoms with Crippen LogP contribution in [0.25, 0.3) is 0 Å². The van der Waals surface area contributed by atoms with Gasteiger partial charge in [0.1, 0.15) is 11.5 Å². The minimum atomic E-state index is -0.0741. The minimum absolute atomic E-state index is 0.00287. The molecule has 0 bridgehead atoms. The van der Waals surface area contributed by atoms with Crippen LogP contribution in [0.15, 0.2) is 42.5 Å². The van der Waals surface area contributed by atoms with Gasteiger partial charge in [-0.05, 0) is 19.1 Å². The van der Waals surface area contributed by atoms with Crippen LogP contribution < -0.4 is 0 Å². The van der Waals surface area contributed by atoms with Gasteiger partial charge in [0.2, 0.25) is 0 Å². The minimum Gasteiger partial charge on any atom is -0.508 e. The lowest BCUT2D eigenvalue weighted by molar-refractivity contribution is 0.0988. The molecule has 0 aliphatic rings. The summed E-state index contributed by atoms with van der Waals surface area (Å²) in [6.07, 6.45) is 1.61. The summed E-state index contributed by atoms with van der Waals surface area (Å²) in [6.45, 7) is 3.89. The number of benzene rings is 2. The SMILES string of the molecule is CCC(=O)c1ccc(C)cc1.N=Cc1ccc(O)cc1O. The zero-order valence-electron chi connectivity index (χ0n) is 12.1. The predicted octanol–water partition coefficient (Wildman–Crippen LogP) is 3.68. The molecule has 21 heavy (non-hydrogen) atoms. The van der Waals surface area contributed by atoms with E-state index in [1.807, 2.05) is 38.1 Å². The molecule has 0 fully saturated rings. The number of carbonyl (C=O) groups is 1. The van der Waals surface area contributed by atoms with Crippen LogP contribution >= 0.6 is 0 Å². The third-order valence-corrected chi connectivity index (χ3v) is 2.86. The van der Waals surface area contributed by atoms with E-state index in [1.54, 1.807) is 0 Å². The fourth-order valence-corrected chi connectivity index (χ4v) is 1.60. The Morgan fingerprint density at radius 3 is 2.24 bits per heavy atom. The number of hydrogen-bond acceptors (Lipinski definition) is 4. The molecule has 4 nitrogen and oxygen atoms in total. The highest BCUT2D eigenvalue weighted by molar-refractivity contribution is 5.95. The van der Waals surface area contributed by atoms with Crippen molar-refractivity contribution < 1.29 is 15.0 Å². The quantitative estimate of drug-likeness (QED) is 0.594. The van der Waals surface area contributed by atoms with Crippen LogP contribution in [0.1, 0.15) is 34.8 Å². The summed E-state index contributed by atoms with van der Waals surface area (Å²) in [5.74, 6) is 0.142. The Labute approximate surface area is 124 Å². The van der Waals surface area contributed by atoms with Gasteiger partial charge in [0.25, 0.3) is 0 Å². The third kappa shape index (κ3) is 5.10. The molecule has 0 unspecified atom stereocenters. The molecule has 0 heterocycles. The van der Waals surface area contributed by atoms with Gasteiger partial charge in [-0.2, -0.15) is 0 Å². The molecule has 2 rings (SSSR count). The van der Waals surface area contributed by atoms with Crippen LogP contribution in [0.3, 0.4) is 0 Å². The van der Waals surface area contributed by atoms with Crippen LogP contribution in [0.5, 0.6) is 11.5 Å². The first kappa shape index (κ1) is 16.4. The summed E-state index contributed by atoms with van der Waals surface area (Å²) in [7, 11) is 0. The van der Waals surface area contributed by atoms with E-state index in [0.29, 0.717) is 12.0 Å². The third-order valence-electron chi connectivity index (χ3n) is 2.86. The molecule has 0 atom stereocenters. The van der Waals surface area contributed by atoms with Gasteiger partial charge in [-0.15, -0.1) is 0 Å². The summed E-state index contributed by atoms with van der Waals surface area (Å²) >= 11 is 0. The number of nitrogens with one attached hydrogen (secondary N) is 1. The van der Waals surface area contributed by atoms with Gasteiger partial charge in [0.05, 0.1) is 0 Å². The largest absolute Gasteiger partial charge is 0.508 e. The number of ketones is 1. The molecule has 4 heteroatoms. The van der Waals surface area contributed by atoms with E-state index >= 15 is 0 Å². The Bertz CT molecular complexity index is 618. The standard InChI is InChI=1S/C10H12O.C7H7NO2/c1-3-10(11)9-6-4-8(2)5-7-9;8-4-5-1-2-6(9)3-7(5)10/h4-7H,3H2,1-2H3;1-4,8-10H. The summed E-state index contributed by atoms with van der Waals surface area (Å²) in [4.78, 5) is 11.1. The van der Waals surface area contributed by atoms with Crippen molar-refractivity contribution in [3.63, 3.8) is 0 Å². The second-order valence-electron chi connectivity index (χ2n) is 4.53. The molecule has 0 radical (unpaired) electrons. The zero-order chi connectivity index (χ0) is 15.8. The smallest absolute Gasteiger partial charge is 0.162 e. The lowest BCUT2D eigenvalue weighted by atomic mass is 10.1. The van der Waals surface area contributed by atoms with Crippen molar-refractivity contribution in [2.24, 2.45) is 0 Å². The highest BCUT2D eigenvalue weighted by Crippen LogP contribution is 2.20.